The molecule has 1 fully saturated rings. The Labute approximate surface area is 120 Å². The van der Waals surface area contributed by atoms with E-state index >= 15 is 0 Å². The molecule has 0 aromatic heterocycles. The maximum atomic E-state index is 5.45. The van der Waals surface area contributed by atoms with E-state index in [0.29, 0.717) is 5.41 Å². The number of nitrogens with one attached hydrogen (secondary N) is 1. The molecule has 3 nitrogen and oxygen atoms in total. The molecule has 1 N–H and O–H groups in total. The number of ether oxygens (including phenoxy) is 1. The minimum absolute atomic E-state index is 0.407. The van der Waals surface area contributed by atoms with Gasteiger partial charge in [-0.3, -0.25) is 0 Å². The average molecular weight is 270 g/mol. The molecule has 1 unspecified atom stereocenters. The molecule has 3 heteroatoms. The van der Waals surface area contributed by atoms with Crippen LogP contribution in [0.2, 0.25) is 0 Å². The Kier molecular flexibility index (Phi) is 7.96. The van der Waals surface area contributed by atoms with Crippen molar-refractivity contribution in [3.05, 3.63) is 0 Å². The molecule has 0 aromatic carbocycles. The van der Waals surface area contributed by atoms with Gasteiger partial charge in [0.25, 0.3) is 0 Å². The third-order valence-corrected chi connectivity index (χ3v) is 4.22. The summed E-state index contributed by atoms with van der Waals surface area (Å²) < 4.78 is 5.45. The molecule has 1 atom stereocenters. The van der Waals surface area contributed by atoms with Crippen molar-refractivity contribution in [3.8, 4) is 0 Å². The molecule has 0 aliphatic carbocycles. The Hall–Kier alpha value is -0.120. The lowest BCUT2D eigenvalue weighted by Crippen LogP contribution is -2.42. The van der Waals surface area contributed by atoms with E-state index in [1.165, 1.54) is 38.8 Å². The SMILES string of the molecule is CCCC(C)(CNCC)CN(C)CC1CCOCC1. The second-order valence-corrected chi connectivity index (χ2v) is 6.59. The van der Waals surface area contributed by atoms with Gasteiger partial charge in [0.15, 0.2) is 0 Å². The van der Waals surface area contributed by atoms with E-state index in [1.54, 1.807) is 0 Å². The van der Waals surface area contributed by atoms with Gasteiger partial charge in [-0.1, -0.05) is 27.2 Å². The monoisotopic (exact) mass is 270 g/mol. The van der Waals surface area contributed by atoms with Crippen molar-refractivity contribution >= 4 is 0 Å². The van der Waals surface area contributed by atoms with E-state index in [9.17, 15) is 0 Å². The van der Waals surface area contributed by atoms with Crippen LogP contribution in [0.1, 0.15) is 46.5 Å². The van der Waals surface area contributed by atoms with Crippen LogP contribution in [0.15, 0.2) is 0 Å². The number of nitrogens with zero attached hydrogens (tertiary/aromatic N) is 1. The van der Waals surface area contributed by atoms with Gasteiger partial charge in [0, 0.05) is 32.8 Å². The summed E-state index contributed by atoms with van der Waals surface area (Å²) in [5, 5.41) is 3.54. The van der Waals surface area contributed by atoms with E-state index in [4.69, 9.17) is 4.74 Å². The fourth-order valence-corrected chi connectivity index (χ4v) is 3.34. The highest BCUT2D eigenvalue weighted by Crippen LogP contribution is 2.25. The predicted octanol–water partition coefficient (Wildman–Crippen LogP) is 2.76. The topological polar surface area (TPSA) is 24.5 Å². The Bertz CT molecular complexity index is 229. The summed E-state index contributed by atoms with van der Waals surface area (Å²) >= 11 is 0. The van der Waals surface area contributed by atoms with Crippen molar-refractivity contribution in [1.82, 2.24) is 10.2 Å². The fourth-order valence-electron chi connectivity index (χ4n) is 3.34. The van der Waals surface area contributed by atoms with Gasteiger partial charge in [-0.25, -0.2) is 0 Å². The van der Waals surface area contributed by atoms with E-state index < -0.39 is 0 Å². The first kappa shape index (κ1) is 16.9. The van der Waals surface area contributed by atoms with Crippen LogP contribution >= 0.6 is 0 Å². The van der Waals surface area contributed by atoms with Crippen molar-refractivity contribution in [2.75, 3.05) is 46.4 Å². The van der Waals surface area contributed by atoms with Crippen molar-refractivity contribution in [3.63, 3.8) is 0 Å². The van der Waals surface area contributed by atoms with Gasteiger partial charge < -0.3 is 15.0 Å². The molecular weight excluding hydrogens is 236 g/mol. The van der Waals surface area contributed by atoms with Gasteiger partial charge in [-0.05, 0) is 44.2 Å². The first-order valence-electron chi connectivity index (χ1n) is 8.06. The van der Waals surface area contributed by atoms with Crippen LogP contribution in [-0.4, -0.2) is 51.3 Å². The smallest absolute Gasteiger partial charge is 0.0469 e. The van der Waals surface area contributed by atoms with Gasteiger partial charge in [0.05, 0.1) is 0 Å². The maximum absolute atomic E-state index is 5.45. The van der Waals surface area contributed by atoms with Crippen LogP contribution in [0.5, 0.6) is 0 Å². The fraction of sp³-hybridized carbons (Fsp3) is 1.00. The van der Waals surface area contributed by atoms with Crippen LogP contribution in [0.4, 0.5) is 0 Å². The Morgan fingerprint density at radius 3 is 2.53 bits per heavy atom. The molecule has 0 saturated carbocycles. The Morgan fingerprint density at radius 1 is 1.26 bits per heavy atom. The summed E-state index contributed by atoms with van der Waals surface area (Å²) in [6.07, 6.45) is 5.05. The zero-order chi connectivity index (χ0) is 14.1. The van der Waals surface area contributed by atoms with E-state index in [2.05, 4.69) is 38.0 Å². The molecule has 0 aromatic rings. The van der Waals surface area contributed by atoms with Crippen LogP contribution < -0.4 is 5.32 Å². The molecule has 1 heterocycles. The quantitative estimate of drug-likeness (QED) is 0.697. The van der Waals surface area contributed by atoms with Gasteiger partial charge in [-0.15, -0.1) is 0 Å². The van der Waals surface area contributed by atoms with Crippen LogP contribution in [-0.2, 0) is 4.74 Å². The maximum Gasteiger partial charge on any atom is 0.0469 e. The lowest BCUT2D eigenvalue weighted by atomic mass is 9.84. The molecule has 1 rings (SSSR count). The summed E-state index contributed by atoms with van der Waals surface area (Å²) in [6.45, 7) is 13.5. The molecule has 114 valence electrons. The second-order valence-electron chi connectivity index (χ2n) is 6.59. The molecule has 0 spiro atoms. The average Bonchev–Trinajstić information content (AvgIpc) is 2.37. The minimum Gasteiger partial charge on any atom is -0.381 e. The molecule has 19 heavy (non-hydrogen) atoms. The van der Waals surface area contributed by atoms with Gasteiger partial charge in [-0.2, -0.15) is 0 Å². The zero-order valence-electron chi connectivity index (χ0n) is 13.5. The summed E-state index contributed by atoms with van der Waals surface area (Å²) in [4.78, 5) is 2.54. The highest BCUT2D eigenvalue weighted by atomic mass is 16.5. The molecule has 0 radical (unpaired) electrons. The molecule has 1 saturated heterocycles. The number of hydrogen-bond donors (Lipinski definition) is 1. The Morgan fingerprint density at radius 2 is 1.95 bits per heavy atom. The largest absolute Gasteiger partial charge is 0.381 e. The van der Waals surface area contributed by atoms with Crippen molar-refractivity contribution < 1.29 is 4.74 Å². The summed E-state index contributed by atoms with van der Waals surface area (Å²) in [6, 6.07) is 0. The zero-order valence-corrected chi connectivity index (χ0v) is 13.5. The van der Waals surface area contributed by atoms with E-state index in [1.807, 2.05) is 0 Å². The molecule has 0 bridgehead atoms. The molecule has 1 aliphatic heterocycles. The lowest BCUT2D eigenvalue weighted by Gasteiger charge is -2.36. The summed E-state index contributed by atoms with van der Waals surface area (Å²) in [5.74, 6) is 0.837. The van der Waals surface area contributed by atoms with Crippen molar-refractivity contribution in [2.24, 2.45) is 11.3 Å². The normalized spacial score (nSPS) is 20.7. The highest BCUT2D eigenvalue weighted by molar-refractivity contribution is 4.80. The van der Waals surface area contributed by atoms with E-state index in [0.717, 1.165) is 32.2 Å². The van der Waals surface area contributed by atoms with Crippen molar-refractivity contribution in [2.45, 2.75) is 46.5 Å². The summed E-state index contributed by atoms with van der Waals surface area (Å²) in [7, 11) is 2.29. The third-order valence-electron chi connectivity index (χ3n) is 4.22. The number of hydrogen-bond acceptors (Lipinski definition) is 3. The Balaban J connectivity index is 2.38. The standard InChI is InChI=1S/C16H34N2O/c1-5-9-16(3,13-17-6-2)14-18(4)12-15-7-10-19-11-8-15/h15,17H,5-14H2,1-4H3. The van der Waals surface area contributed by atoms with Gasteiger partial charge in [0.2, 0.25) is 0 Å². The second kappa shape index (κ2) is 8.93. The van der Waals surface area contributed by atoms with Gasteiger partial charge >= 0.3 is 0 Å². The molecular formula is C16H34N2O. The third kappa shape index (κ3) is 6.73. The van der Waals surface area contributed by atoms with Crippen LogP contribution in [0, 0.1) is 11.3 Å². The molecule has 1 aliphatic rings. The minimum atomic E-state index is 0.407. The summed E-state index contributed by atoms with van der Waals surface area (Å²) in [5.41, 5.74) is 0.407. The first-order chi connectivity index (χ1) is 9.09. The van der Waals surface area contributed by atoms with E-state index in [-0.39, 0.29) is 0 Å². The molecule has 0 amide bonds. The number of rotatable bonds is 9. The highest BCUT2D eigenvalue weighted by Gasteiger charge is 2.26. The van der Waals surface area contributed by atoms with Crippen LogP contribution in [0.3, 0.4) is 0 Å². The first-order valence-corrected chi connectivity index (χ1v) is 8.06. The van der Waals surface area contributed by atoms with Gasteiger partial charge in [0.1, 0.15) is 0 Å². The predicted molar refractivity (Wildman–Crippen MR) is 82.6 cm³/mol. The van der Waals surface area contributed by atoms with Crippen molar-refractivity contribution in [1.29, 1.82) is 0 Å². The van der Waals surface area contributed by atoms with Crippen LogP contribution in [0.25, 0.3) is 0 Å². The lowest BCUT2D eigenvalue weighted by molar-refractivity contribution is 0.0496.